The summed E-state index contributed by atoms with van der Waals surface area (Å²) in [5, 5.41) is 0. The first-order chi connectivity index (χ1) is 9.54. The summed E-state index contributed by atoms with van der Waals surface area (Å²) in [4.78, 5) is 0. The van der Waals surface area contributed by atoms with Gasteiger partial charge in [-0.2, -0.15) is 0 Å². The normalized spacial score (nSPS) is 17.5. The average Bonchev–Trinajstić information content (AvgIpc) is 2.88. The Labute approximate surface area is 130 Å². The van der Waals surface area contributed by atoms with Crippen molar-refractivity contribution in [2.45, 2.75) is 51.0 Å². The molecule has 3 nitrogen and oxygen atoms in total. The minimum atomic E-state index is 0.0115. The molecule has 0 spiro atoms. The van der Waals surface area contributed by atoms with Crippen LogP contribution in [0.1, 0.15) is 45.1 Å². The van der Waals surface area contributed by atoms with Crippen LogP contribution >= 0.6 is 15.9 Å². The molecule has 0 aliphatic heterocycles. The molecule has 0 saturated heterocycles. The molecule has 4 heteroatoms. The van der Waals surface area contributed by atoms with Gasteiger partial charge in [0.05, 0.1) is 13.2 Å². The Kier molecular flexibility index (Phi) is 4.97. The van der Waals surface area contributed by atoms with E-state index in [9.17, 15) is 0 Å². The molecule has 0 atom stereocenters. The molecule has 0 aromatic heterocycles. The maximum absolute atomic E-state index is 6.14. The van der Waals surface area contributed by atoms with Gasteiger partial charge in [-0.05, 0) is 38.8 Å². The van der Waals surface area contributed by atoms with Crippen molar-refractivity contribution >= 4 is 15.9 Å². The highest BCUT2D eigenvalue weighted by Crippen LogP contribution is 2.50. The van der Waals surface area contributed by atoms with Crippen LogP contribution in [0.25, 0.3) is 0 Å². The summed E-state index contributed by atoms with van der Waals surface area (Å²) < 4.78 is 12.7. The zero-order chi connectivity index (χ0) is 14.8. The number of halogens is 1. The number of ether oxygens (including phenoxy) is 2. The van der Waals surface area contributed by atoms with Crippen molar-refractivity contribution in [3.8, 4) is 11.5 Å². The van der Waals surface area contributed by atoms with E-state index in [1.807, 2.05) is 26.0 Å². The SMILES string of the molecule is COc1ccc(Br)c(C2(CN)CCCC2)c1OC(C)C. The van der Waals surface area contributed by atoms with E-state index < -0.39 is 0 Å². The molecule has 1 saturated carbocycles. The second-order valence-electron chi connectivity index (χ2n) is 5.81. The lowest BCUT2D eigenvalue weighted by atomic mass is 9.78. The predicted molar refractivity (Wildman–Crippen MR) is 85.7 cm³/mol. The van der Waals surface area contributed by atoms with Gasteiger partial charge >= 0.3 is 0 Å². The van der Waals surface area contributed by atoms with Crippen LogP contribution < -0.4 is 15.2 Å². The number of hydrogen-bond acceptors (Lipinski definition) is 3. The molecule has 0 unspecified atom stereocenters. The molecule has 0 heterocycles. The van der Waals surface area contributed by atoms with Crippen LogP contribution in [0.3, 0.4) is 0 Å². The van der Waals surface area contributed by atoms with Crippen molar-refractivity contribution in [2.24, 2.45) is 5.73 Å². The Morgan fingerprint density at radius 3 is 2.45 bits per heavy atom. The van der Waals surface area contributed by atoms with Crippen LogP contribution in [0.2, 0.25) is 0 Å². The van der Waals surface area contributed by atoms with Gasteiger partial charge < -0.3 is 15.2 Å². The van der Waals surface area contributed by atoms with Gasteiger partial charge in [0, 0.05) is 22.0 Å². The van der Waals surface area contributed by atoms with Crippen LogP contribution in [0, 0.1) is 0 Å². The molecule has 2 rings (SSSR count). The third-order valence-electron chi connectivity index (χ3n) is 4.13. The minimum Gasteiger partial charge on any atom is -0.493 e. The number of rotatable bonds is 5. The third-order valence-corrected chi connectivity index (χ3v) is 4.79. The fraction of sp³-hybridized carbons (Fsp3) is 0.625. The predicted octanol–water partition coefficient (Wildman–Crippen LogP) is 4.02. The second-order valence-corrected chi connectivity index (χ2v) is 6.67. The van der Waals surface area contributed by atoms with Gasteiger partial charge in [0.25, 0.3) is 0 Å². The van der Waals surface area contributed by atoms with E-state index in [0.29, 0.717) is 6.54 Å². The van der Waals surface area contributed by atoms with E-state index in [-0.39, 0.29) is 11.5 Å². The maximum Gasteiger partial charge on any atom is 0.166 e. The molecule has 0 radical (unpaired) electrons. The average molecular weight is 342 g/mol. The molecule has 1 aliphatic carbocycles. The van der Waals surface area contributed by atoms with E-state index in [2.05, 4.69) is 15.9 Å². The molecule has 1 fully saturated rings. The fourth-order valence-corrected chi connectivity index (χ4v) is 3.89. The second kappa shape index (κ2) is 6.35. The molecule has 1 aliphatic rings. The van der Waals surface area contributed by atoms with Gasteiger partial charge in [-0.3, -0.25) is 0 Å². The first-order valence-corrected chi connectivity index (χ1v) is 8.07. The van der Waals surface area contributed by atoms with Crippen molar-refractivity contribution in [3.63, 3.8) is 0 Å². The number of nitrogens with two attached hydrogens (primary N) is 1. The molecule has 2 N–H and O–H groups in total. The lowest BCUT2D eigenvalue weighted by Crippen LogP contribution is -2.33. The first kappa shape index (κ1) is 15.6. The monoisotopic (exact) mass is 341 g/mol. The van der Waals surface area contributed by atoms with E-state index >= 15 is 0 Å². The van der Waals surface area contributed by atoms with Gasteiger partial charge in [-0.1, -0.05) is 28.8 Å². The van der Waals surface area contributed by atoms with E-state index in [0.717, 1.165) is 28.8 Å². The highest BCUT2D eigenvalue weighted by atomic mass is 79.9. The summed E-state index contributed by atoms with van der Waals surface area (Å²) >= 11 is 3.70. The summed E-state index contributed by atoms with van der Waals surface area (Å²) in [6, 6.07) is 3.99. The van der Waals surface area contributed by atoms with Gasteiger partial charge in [-0.15, -0.1) is 0 Å². The van der Waals surface area contributed by atoms with E-state index in [1.165, 1.54) is 18.4 Å². The highest BCUT2D eigenvalue weighted by Gasteiger charge is 2.39. The van der Waals surface area contributed by atoms with Crippen molar-refractivity contribution in [2.75, 3.05) is 13.7 Å². The standard InChI is InChI=1S/C16H24BrNO2/c1-11(2)20-15-13(19-3)7-6-12(17)14(15)16(10-18)8-4-5-9-16/h6-7,11H,4-5,8-10,18H2,1-3H3. The van der Waals surface area contributed by atoms with Crippen molar-refractivity contribution in [3.05, 3.63) is 22.2 Å². The van der Waals surface area contributed by atoms with Gasteiger partial charge in [0.1, 0.15) is 0 Å². The number of hydrogen-bond donors (Lipinski definition) is 1. The quantitative estimate of drug-likeness (QED) is 0.879. The van der Waals surface area contributed by atoms with Gasteiger partial charge in [0.2, 0.25) is 0 Å². The zero-order valence-corrected chi connectivity index (χ0v) is 14.1. The van der Waals surface area contributed by atoms with Crippen molar-refractivity contribution < 1.29 is 9.47 Å². The Morgan fingerprint density at radius 2 is 1.95 bits per heavy atom. The summed E-state index contributed by atoms with van der Waals surface area (Å²) in [6.45, 7) is 4.72. The maximum atomic E-state index is 6.14. The summed E-state index contributed by atoms with van der Waals surface area (Å²) in [5.74, 6) is 1.64. The van der Waals surface area contributed by atoms with Crippen molar-refractivity contribution in [1.82, 2.24) is 0 Å². The van der Waals surface area contributed by atoms with E-state index in [1.54, 1.807) is 7.11 Å². The molecule has 20 heavy (non-hydrogen) atoms. The van der Waals surface area contributed by atoms with Crippen molar-refractivity contribution in [1.29, 1.82) is 0 Å². The Balaban J connectivity index is 2.59. The Morgan fingerprint density at radius 1 is 1.30 bits per heavy atom. The molecular formula is C16H24BrNO2. The van der Waals surface area contributed by atoms with Crippen LogP contribution in [0.5, 0.6) is 11.5 Å². The largest absolute Gasteiger partial charge is 0.493 e. The molecule has 1 aromatic carbocycles. The van der Waals surface area contributed by atoms with Crippen LogP contribution in [-0.4, -0.2) is 19.8 Å². The van der Waals surface area contributed by atoms with Gasteiger partial charge in [0.15, 0.2) is 11.5 Å². The van der Waals surface area contributed by atoms with Crippen LogP contribution in [-0.2, 0) is 5.41 Å². The molecule has 1 aromatic rings. The van der Waals surface area contributed by atoms with Crippen LogP contribution in [0.4, 0.5) is 0 Å². The Bertz CT molecular complexity index is 468. The highest BCUT2D eigenvalue weighted by molar-refractivity contribution is 9.10. The topological polar surface area (TPSA) is 44.5 Å². The summed E-state index contributed by atoms with van der Waals surface area (Å²) in [5.41, 5.74) is 7.34. The number of benzene rings is 1. The van der Waals surface area contributed by atoms with Gasteiger partial charge in [-0.25, -0.2) is 0 Å². The number of methoxy groups -OCH3 is 1. The summed E-state index contributed by atoms with van der Waals surface area (Å²) in [6.07, 6.45) is 4.78. The van der Waals surface area contributed by atoms with Crippen LogP contribution in [0.15, 0.2) is 16.6 Å². The first-order valence-electron chi connectivity index (χ1n) is 7.28. The molecule has 112 valence electrons. The Hall–Kier alpha value is -0.740. The molecule has 0 amide bonds. The third kappa shape index (κ3) is 2.82. The molecule has 0 bridgehead atoms. The van der Waals surface area contributed by atoms with E-state index in [4.69, 9.17) is 15.2 Å². The summed E-state index contributed by atoms with van der Waals surface area (Å²) in [7, 11) is 1.68. The lowest BCUT2D eigenvalue weighted by molar-refractivity contribution is 0.221. The zero-order valence-electron chi connectivity index (χ0n) is 12.5. The fourth-order valence-electron chi connectivity index (χ4n) is 3.16. The smallest absolute Gasteiger partial charge is 0.166 e. The molecular weight excluding hydrogens is 318 g/mol. The lowest BCUT2D eigenvalue weighted by Gasteiger charge is -2.32. The minimum absolute atomic E-state index is 0.0115.